The molecule has 4 nitrogen and oxygen atoms in total. The van der Waals surface area contributed by atoms with Gasteiger partial charge in [0.15, 0.2) is 0 Å². The number of hydrogen-bond donors (Lipinski definition) is 2. The van der Waals surface area contributed by atoms with E-state index in [4.69, 9.17) is 5.73 Å². The molecule has 0 saturated heterocycles. The second-order valence-corrected chi connectivity index (χ2v) is 5.71. The van der Waals surface area contributed by atoms with E-state index in [0.29, 0.717) is 0 Å². The Morgan fingerprint density at radius 1 is 1.24 bits per heavy atom. The van der Waals surface area contributed by atoms with Crippen molar-refractivity contribution in [3.63, 3.8) is 0 Å². The van der Waals surface area contributed by atoms with Crippen LogP contribution in [-0.2, 0) is 4.79 Å². The van der Waals surface area contributed by atoms with Crippen LogP contribution in [0.15, 0.2) is 48.8 Å². The number of nitrogens with zero attached hydrogens (tertiary/aromatic N) is 1. The van der Waals surface area contributed by atoms with Crippen LogP contribution in [0.1, 0.15) is 31.4 Å². The van der Waals surface area contributed by atoms with E-state index in [-0.39, 0.29) is 11.9 Å². The molecule has 1 aromatic heterocycles. The molecule has 1 unspecified atom stereocenters. The van der Waals surface area contributed by atoms with Gasteiger partial charge in [0.1, 0.15) is 0 Å². The minimum Gasteiger partial charge on any atom is -0.348 e. The Morgan fingerprint density at radius 3 is 2.52 bits per heavy atom. The maximum Gasteiger partial charge on any atom is 0.240 e. The summed E-state index contributed by atoms with van der Waals surface area (Å²) in [6, 6.07) is 12.1. The van der Waals surface area contributed by atoms with E-state index in [1.54, 1.807) is 6.20 Å². The lowest BCUT2D eigenvalue weighted by molar-refractivity contribution is -0.123. The number of carbonyl (C=O) groups excluding carboxylic acids is 1. The van der Waals surface area contributed by atoms with Crippen LogP contribution in [0.5, 0.6) is 0 Å². The second kappa shape index (κ2) is 5.30. The largest absolute Gasteiger partial charge is 0.348 e. The molecule has 2 aromatic rings. The summed E-state index contributed by atoms with van der Waals surface area (Å²) in [5.41, 5.74) is 8.54. The van der Waals surface area contributed by atoms with Gasteiger partial charge in [-0.1, -0.05) is 30.3 Å². The van der Waals surface area contributed by atoms with E-state index in [2.05, 4.69) is 10.3 Å². The third kappa shape index (κ3) is 2.95. The molecule has 0 aliphatic heterocycles. The van der Waals surface area contributed by atoms with Crippen molar-refractivity contribution in [2.24, 2.45) is 5.73 Å². The van der Waals surface area contributed by atoms with Gasteiger partial charge in [0.05, 0.1) is 11.6 Å². The number of nitrogens with two attached hydrogens (primary N) is 1. The molecule has 21 heavy (non-hydrogen) atoms. The highest BCUT2D eigenvalue weighted by Crippen LogP contribution is 2.33. The van der Waals surface area contributed by atoms with E-state index in [9.17, 15) is 4.79 Å². The Balaban J connectivity index is 1.70. The smallest absolute Gasteiger partial charge is 0.240 e. The van der Waals surface area contributed by atoms with Gasteiger partial charge in [-0.25, -0.2) is 0 Å². The predicted molar refractivity (Wildman–Crippen MR) is 82.4 cm³/mol. The average Bonchev–Trinajstić information content (AvgIpc) is 3.27. The molecule has 3 N–H and O–H groups in total. The van der Waals surface area contributed by atoms with Gasteiger partial charge in [-0.3, -0.25) is 9.78 Å². The zero-order chi connectivity index (χ0) is 14.9. The van der Waals surface area contributed by atoms with Gasteiger partial charge in [0.2, 0.25) is 5.91 Å². The summed E-state index contributed by atoms with van der Waals surface area (Å²) in [6.07, 6.45) is 5.17. The number of rotatable bonds is 4. The summed E-state index contributed by atoms with van der Waals surface area (Å²) in [4.78, 5) is 16.1. The Morgan fingerprint density at radius 2 is 1.95 bits per heavy atom. The van der Waals surface area contributed by atoms with Crippen LogP contribution < -0.4 is 11.1 Å². The molecule has 108 valence electrons. The number of amides is 1. The standard InChI is InChI=1S/C17H19N3O/c1-12(20-16(21)17(18)8-9-17)13-4-6-14(7-5-13)15-3-2-10-19-11-15/h2-7,10-12H,8-9,18H2,1H3,(H,20,21). The molecule has 1 aromatic carbocycles. The number of hydrogen-bond acceptors (Lipinski definition) is 3. The first-order valence-electron chi connectivity index (χ1n) is 7.19. The summed E-state index contributed by atoms with van der Waals surface area (Å²) in [6.45, 7) is 1.97. The topological polar surface area (TPSA) is 68.0 Å². The van der Waals surface area contributed by atoms with Crippen LogP contribution >= 0.6 is 0 Å². The van der Waals surface area contributed by atoms with Crippen LogP contribution in [0, 0.1) is 0 Å². The number of nitrogens with one attached hydrogen (secondary N) is 1. The van der Waals surface area contributed by atoms with Gasteiger partial charge in [0.25, 0.3) is 0 Å². The molecule has 1 aliphatic carbocycles. The van der Waals surface area contributed by atoms with Crippen molar-refractivity contribution in [1.29, 1.82) is 0 Å². The Labute approximate surface area is 124 Å². The molecule has 1 fully saturated rings. The van der Waals surface area contributed by atoms with Crippen LogP contribution in [-0.4, -0.2) is 16.4 Å². The van der Waals surface area contributed by atoms with Gasteiger partial charge in [0, 0.05) is 12.4 Å². The van der Waals surface area contributed by atoms with Gasteiger partial charge in [-0.15, -0.1) is 0 Å². The zero-order valence-corrected chi connectivity index (χ0v) is 12.0. The van der Waals surface area contributed by atoms with Crippen molar-refractivity contribution < 1.29 is 4.79 Å². The molecule has 0 bridgehead atoms. The fourth-order valence-corrected chi connectivity index (χ4v) is 2.28. The first-order chi connectivity index (χ1) is 10.1. The fraction of sp³-hybridized carbons (Fsp3) is 0.294. The van der Waals surface area contributed by atoms with Crippen molar-refractivity contribution in [1.82, 2.24) is 10.3 Å². The van der Waals surface area contributed by atoms with E-state index < -0.39 is 5.54 Å². The first kappa shape index (κ1) is 13.8. The quantitative estimate of drug-likeness (QED) is 0.904. The SMILES string of the molecule is CC(NC(=O)C1(N)CC1)c1ccc(-c2cccnc2)cc1. The van der Waals surface area contributed by atoms with Crippen LogP contribution in [0.2, 0.25) is 0 Å². The molecular formula is C17H19N3O. The molecule has 3 rings (SSSR count). The molecular weight excluding hydrogens is 262 g/mol. The highest BCUT2D eigenvalue weighted by molar-refractivity contribution is 5.89. The normalized spacial score (nSPS) is 17.0. The average molecular weight is 281 g/mol. The highest BCUT2D eigenvalue weighted by atomic mass is 16.2. The molecule has 4 heteroatoms. The van der Waals surface area contributed by atoms with Gasteiger partial charge >= 0.3 is 0 Å². The summed E-state index contributed by atoms with van der Waals surface area (Å²) in [7, 11) is 0. The lowest BCUT2D eigenvalue weighted by Crippen LogP contribution is -2.43. The van der Waals surface area contributed by atoms with Crippen molar-refractivity contribution in [3.8, 4) is 11.1 Å². The number of benzene rings is 1. The van der Waals surface area contributed by atoms with E-state index in [1.807, 2.05) is 49.5 Å². The zero-order valence-electron chi connectivity index (χ0n) is 12.0. The van der Waals surface area contributed by atoms with Crippen LogP contribution in [0.4, 0.5) is 0 Å². The minimum absolute atomic E-state index is 0.0403. The molecule has 1 heterocycles. The van der Waals surface area contributed by atoms with Crippen LogP contribution in [0.25, 0.3) is 11.1 Å². The Kier molecular flexibility index (Phi) is 3.47. The summed E-state index contributed by atoms with van der Waals surface area (Å²) in [5, 5.41) is 2.98. The van der Waals surface area contributed by atoms with Crippen molar-refractivity contribution in [3.05, 3.63) is 54.4 Å². The third-order valence-corrected chi connectivity index (χ3v) is 3.99. The molecule has 0 radical (unpaired) electrons. The van der Waals surface area contributed by atoms with Crippen molar-refractivity contribution >= 4 is 5.91 Å². The van der Waals surface area contributed by atoms with E-state index in [1.165, 1.54) is 0 Å². The van der Waals surface area contributed by atoms with E-state index in [0.717, 1.165) is 29.5 Å². The number of carbonyl (C=O) groups is 1. The molecule has 1 aliphatic rings. The molecule has 1 atom stereocenters. The maximum absolute atomic E-state index is 12.0. The van der Waals surface area contributed by atoms with E-state index >= 15 is 0 Å². The Hall–Kier alpha value is -2.20. The van der Waals surface area contributed by atoms with Gasteiger partial charge in [-0.05, 0) is 42.5 Å². The van der Waals surface area contributed by atoms with Gasteiger partial charge < -0.3 is 11.1 Å². The second-order valence-electron chi connectivity index (χ2n) is 5.71. The molecule has 0 spiro atoms. The number of pyridine rings is 1. The predicted octanol–water partition coefficient (Wildman–Crippen LogP) is 2.42. The first-order valence-corrected chi connectivity index (χ1v) is 7.19. The summed E-state index contributed by atoms with van der Waals surface area (Å²) < 4.78 is 0. The van der Waals surface area contributed by atoms with Crippen molar-refractivity contribution in [2.45, 2.75) is 31.3 Å². The molecule has 1 saturated carbocycles. The summed E-state index contributed by atoms with van der Waals surface area (Å²) >= 11 is 0. The lowest BCUT2D eigenvalue weighted by Gasteiger charge is -2.17. The monoisotopic (exact) mass is 281 g/mol. The Bertz CT molecular complexity index is 633. The fourth-order valence-electron chi connectivity index (χ4n) is 2.28. The van der Waals surface area contributed by atoms with Crippen molar-refractivity contribution in [2.75, 3.05) is 0 Å². The molecule has 1 amide bonds. The van der Waals surface area contributed by atoms with Crippen LogP contribution in [0.3, 0.4) is 0 Å². The lowest BCUT2D eigenvalue weighted by atomic mass is 10.0. The minimum atomic E-state index is -0.621. The highest BCUT2D eigenvalue weighted by Gasteiger charge is 2.46. The summed E-state index contributed by atoms with van der Waals surface area (Å²) in [5.74, 6) is -0.0497. The van der Waals surface area contributed by atoms with Gasteiger partial charge in [-0.2, -0.15) is 0 Å². The maximum atomic E-state index is 12.0. The third-order valence-electron chi connectivity index (χ3n) is 3.99. The number of aromatic nitrogens is 1.